The zero-order valence-corrected chi connectivity index (χ0v) is 12.5. The first-order valence-corrected chi connectivity index (χ1v) is 6.81. The van der Waals surface area contributed by atoms with Gasteiger partial charge in [-0.3, -0.25) is 0 Å². The molecule has 1 N–H and O–H groups in total. The van der Waals surface area contributed by atoms with Gasteiger partial charge in [0, 0.05) is 31.5 Å². The van der Waals surface area contributed by atoms with Crippen LogP contribution in [-0.4, -0.2) is 29.5 Å². The van der Waals surface area contributed by atoms with Gasteiger partial charge in [-0.15, -0.1) is 0 Å². The van der Waals surface area contributed by atoms with Crippen LogP contribution in [0.25, 0.3) is 0 Å². The van der Waals surface area contributed by atoms with Gasteiger partial charge in [-0.05, 0) is 43.7 Å². The lowest BCUT2D eigenvalue weighted by atomic mass is 10.3. The van der Waals surface area contributed by atoms with Crippen molar-refractivity contribution in [2.45, 2.75) is 13.8 Å². The van der Waals surface area contributed by atoms with Gasteiger partial charge in [0.25, 0.3) is 0 Å². The van der Waals surface area contributed by atoms with Gasteiger partial charge in [-0.2, -0.15) is 0 Å². The number of aryl methyl sites for hydroxylation is 1. The van der Waals surface area contributed by atoms with Crippen molar-refractivity contribution in [3.8, 4) is 11.6 Å². The summed E-state index contributed by atoms with van der Waals surface area (Å²) < 4.78 is 5.63. The standard InChI is InChI=1S/C16H19N3O2/c1-4-19(3)16(20)18-13-6-8-14(9-7-13)21-15-10-5-12(2)11-17-15/h5-11H,4H2,1-3H3,(H,18,20). The zero-order chi connectivity index (χ0) is 15.2. The number of pyridine rings is 1. The van der Waals surface area contributed by atoms with Gasteiger partial charge in [0.1, 0.15) is 5.75 Å². The molecule has 2 amide bonds. The van der Waals surface area contributed by atoms with Crippen LogP contribution in [0.2, 0.25) is 0 Å². The van der Waals surface area contributed by atoms with Crippen LogP contribution in [0, 0.1) is 6.92 Å². The summed E-state index contributed by atoms with van der Waals surface area (Å²) in [6, 6.07) is 10.8. The van der Waals surface area contributed by atoms with E-state index < -0.39 is 0 Å². The van der Waals surface area contributed by atoms with Crippen LogP contribution in [0.3, 0.4) is 0 Å². The normalized spacial score (nSPS) is 10.0. The first-order chi connectivity index (χ1) is 10.1. The van der Waals surface area contributed by atoms with Gasteiger partial charge in [0.2, 0.25) is 5.88 Å². The minimum Gasteiger partial charge on any atom is -0.439 e. The molecular formula is C16H19N3O2. The van der Waals surface area contributed by atoms with Gasteiger partial charge in [0.15, 0.2) is 0 Å². The Hall–Kier alpha value is -2.56. The zero-order valence-electron chi connectivity index (χ0n) is 12.5. The summed E-state index contributed by atoms with van der Waals surface area (Å²) in [5.74, 6) is 1.22. The Morgan fingerprint density at radius 1 is 1.24 bits per heavy atom. The van der Waals surface area contributed by atoms with Crippen molar-refractivity contribution >= 4 is 11.7 Å². The van der Waals surface area contributed by atoms with Crippen LogP contribution in [0.1, 0.15) is 12.5 Å². The maximum absolute atomic E-state index is 11.7. The van der Waals surface area contributed by atoms with Crippen molar-refractivity contribution in [3.05, 3.63) is 48.2 Å². The third kappa shape index (κ3) is 4.21. The molecule has 1 heterocycles. The number of aromatic nitrogens is 1. The monoisotopic (exact) mass is 285 g/mol. The molecule has 0 aliphatic heterocycles. The predicted octanol–water partition coefficient (Wildman–Crippen LogP) is 3.67. The van der Waals surface area contributed by atoms with Crippen LogP contribution in [0.5, 0.6) is 11.6 Å². The number of benzene rings is 1. The van der Waals surface area contributed by atoms with Crippen LogP contribution >= 0.6 is 0 Å². The fourth-order valence-corrected chi connectivity index (χ4v) is 1.60. The van der Waals surface area contributed by atoms with Crippen molar-refractivity contribution in [3.63, 3.8) is 0 Å². The van der Waals surface area contributed by atoms with Crippen molar-refractivity contribution < 1.29 is 9.53 Å². The molecule has 0 saturated heterocycles. The Morgan fingerprint density at radius 3 is 2.52 bits per heavy atom. The van der Waals surface area contributed by atoms with Crippen LogP contribution in [0.15, 0.2) is 42.6 Å². The predicted molar refractivity (Wildman–Crippen MR) is 82.8 cm³/mol. The first kappa shape index (κ1) is 14.8. The first-order valence-electron chi connectivity index (χ1n) is 6.81. The number of nitrogens with zero attached hydrogens (tertiary/aromatic N) is 2. The van der Waals surface area contributed by atoms with Crippen molar-refractivity contribution in [2.75, 3.05) is 18.9 Å². The Balaban J connectivity index is 1.98. The molecule has 0 atom stereocenters. The number of nitrogens with one attached hydrogen (secondary N) is 1. The number of carbonyl (C=O) groups excluding carboxylic acids is 1. The molecule has 0 aliphatic carbocycles. The number of urea groups is 1. The van der Waals surface area contributed by atoms with Crippen LogP contribution < -0.4 is 10.1 Å². The molecule has 0 bridgehead atoms. The summed E-state index contributed by atoms with van der Waals surface area (Å²) in [5.41, 5.74) is 1.81. The third-order valence-electron chi connectivity index (χ3n) is 3.03. The van der Waals surface area contributed by atoms with E-state index in [9.17, 15) is 4.79 Å². The van der Waals surface area contributed by atoms with Crippen LogP contribution in [0.4, 0.5) is 10.5 Å². The molecule has 0 unspecified atom stereocenters. The average molecular weight is 285 g/mol. The largest absolute Gasteiger partial charge is 0.439 e. The minimum absolute atomic E-state index is 0.133. The summed E-state index contributed by atoms with van der Waals surface area (Å²) in [4.78, 5) is 17.5. The summed E-state index contributed by atoms with van der Waals surface area (Å²) in [5, 5.41) is 2.81. The van der Waals surface area contributed by atoms with Crippen molar-refractivity contribution in [2.24, 2.45) is 0 Å². The smallest absolute Gasteiger partial charge is 0.321 e. The van der Waals surface area contributed by atoms with E-state index in [2.05, 4.69) is 10.3 Å². The fourth-order valence-electron chi connectivity index (χ4n) is 1.60. The number of anilines is 1. The van der Waals surface area contributed by atoms with Crippen molar-refractivity contribution in [1.29, 1.82) is 0 Å². The number of hydrogen-bond donors (Lipinski definition) is 1. The topological polar surface area (TPSA) is 54.5 Å². The maximum Gasteiger partial charge on any atom is 0.321 e. The highest BCUT2D eigenvalue weighted by Gasteiger charge is 2.06. The second-order valence-corrected chi connectivity index (χ2v) is 4.74. The lowest BCUT2D eigenvalue weighted by molar-refractivity contribution is 0.224. The van der Waals surface area contributed by atoms with E-state index >= 15 is 0 Å². The molecule has 5 nitrogen and oxygen atoms in total. The molecule has 1 aromatic carbocycles. The van der Waals surface area contributed by atoms with Gasteiger partial charge in [0.05, 0.1) is 0 Å². The number of hydrogen-bond acceptors (Lipinski definition) is 3. The van der Waals surface area contributed by atoms with Gasteiger partial charge in [-0.25, -0.2) is 9.78 Å². The van der Waals surface area contributed by atoms with E-state index in [-0.39, 0.29) is 6.03 Å². The van der Waals surface area contributed by atoms with E-state index in [0.717, 1.165) is 11.3 Å². The van der Waals surface area contributed by atoms with Crippen LogP contribution in [-0.2, 0) is 0 Å². The van der Waals surface area contributed by atoms with Crippen molar-refractivity contribution in [1.82, 2.24) is 9.88 Å². The quantitative estimate of drug-likeness (QED) is 0.932. The summed E-state index contributed by atoms with van der Waals surface area (Å²) in [6.45, 7) is 4.55. The van der Waals surface area contributed by atoms with Gasteiger partial charge >= 0.3 is 6.03 Å². The second kappa shape index (κ2) is 6.74. The van der Waals surface area contributed by atoms with E-state index in [1.54, 1.807) is 42.4 Å². The molecule has 0 spiro atoms. The average Bonchev–Trinajstić information content (AvgIpc) is 2.50. The Labute approximate surface area is 124 Å². The molecular weight excluding hydrogens is 266 g/mol. The minimum atomic E-state index is -0.133. The van der Waals surface area contributed by atoms with E-state index in [1.807, 2.05) is 26.0 Å². The molecule has 5 heteroatoms. The molecule has 0 radical (unpaired) electrons. The van der Waals surface area contributed by atoms with Gasteiger partial charge in [-0.1, -0.05) is 6.07 Å². The van der Waals surface area contributed by atoms with E-state index in [4.69, 9.17) is 4.74 Å². The lowest BCUT2D eigenvalue weighted by Gasteiger charge is -2.15. The second-order valence-electron chi connectivity index (χ2n) is 4.74. The molecule has 0 saturated carbocycles. The molecule has 1 aromatic heterocycles. The molecule has 0 aliphatic rings. The highest BCUT2D eigenvalue weighted by molar-refractivity contribution is 5.89. The fraction of sp³-hybridized carbons (Fsp3) is 0.250. The third-order valence-corrected chi connectivity index (χ3v) is 3.03. The Kier molecular flexibility index (Phi) is 4.77. The maximum atomic E-state index is 11.7. The Bertz CT molecular complexity index is 594. The highest BCUT2D eigenvalue weighted by Crippen LogP contribution is 2.21. The number of carbonyl (C=O) groups is 1. The molecule has 2 aromatic rings. The molecule has 110 valence electrons. The number of ether oxygens (including phenoxy) is 1. The van der Waals surface area contributed by atoms with E-state index in [0.29, 0.717) is 18.2 Å². The summed E-state index contributed by atoms with van der Waals surface area (Å²) in [7, 11) is 1.75. The summed E-state index contributed by atoms with van der Waals surface area (Å²) >= 11 is 0. The molecule has 21 heavy (non-hydrogen) atoms. The molecule has 2 rings (SSSR count). The number of rotatable bonds is 4. The summed E-state index contributed by atoms with van der Waals surface area (Å²) in [6.07, 6.45) is 1.75. The SMILES string of the molecule is CCN(C)C(=O)Nc1ccc(Oc2ccc(C)cn2)cc1. The highest BCUT2D eigenvalue weighted by atomic mass is 16.5. The lowest BCUT2D eigenvalue weighted by Crippen LogP contribution is -2.30. The van der Waals surface area contributed by atoms with Gasteiger partial charge < -0.3 is 15.0 Å². The number of amides is 2. The Morgan fingerprint density at radius 2 is 1.95 bits per heavy atom. The molecule has 0 fully saturated rings. The van der Waals surface area contributed by atoms with E-state index in [1.165, 1.54) is 0 Å².